The second-order valence-corrected chi connectivity index (χ2v) is 8.05. The highest BCUT2D eigenvalue weighted by Gasteiger charge is 2.38. The topological polar surface area (TPSA) is 78.7 Å². The number of hydrogen-bond acceptors (Lipinski definition) is 5. The lowest BCUT2D eigenvalue weighted by atomic mass is 9.66. The molecular formula is C20H28NO5. The SMILES string of the molecule is [CH2]C(OC(=O)Oc1ccc([N+](=O)[O-])cc1)C(C1CCCCC1)C(C)(C)C. The average molecular weight is 362 g/mol. The molecule has 0 amide bonds. The summed E-state index contributed by atoms with van der Waals surface area (Å²) in [6.45, 7) is 10.5. The Bertz CT molecular complexity index is 614. The Hall–Kier alpha value is -2.11. The number of carbonyl (C=O) groups excluding carboxylic acids is 1. The van der Waals surface area contributed by atoms with Crippen LogP contribution < -0.4 is 4.74 Å². The number of rotatable bonds is 5. The van der Waals surface area contributed by atoms with Gasteiger partial charge in [-0.3, -0.25) is 10.1 Å². The van der Waals surface area contributed by atoms with E-state index in [2.05, 4.69) is 27.7 Å². The maximum Gasteiger partial charge on any atom is 0.514 e. The molecular weight excluding hydrogens is 334 g/mol. The van der Waals surface area contributed by atoms with E-state index in [1.165, 1.54) is 43.5 Å². The van der Waals surface area contributed by atoms with Crippen molar-refractivity contribution in [3.63, 3.8) is 0 Å². The van der Waals surface area contributed by atoms with E-state index in [1.54, 1.807) is 0 Å². The molecule has 0 spiro atoms. The van der Waals surface area contributed by atoms with Gasteiger partial charge >= 0.3 is 6.16 Å². The van der Waals surface area contributed by atoms with Crippen LogP contribution in [0.3, 0.4) is 0 Å². The first-order chi connectivity index (χ1) is 12.2. The van der Waals surface area contributed by atoms with E-state index in [0.29, 0.717) is 5.92 Å². The van der Waals surface area contributed by atoms with Gasteiger partial charge in [0.05, 0.1) is 4.92 Å². The molecule has 0 bridgehead atoms. The van der Waals surface area contributed by atoms with E-state index in [9.17, 15) is 14.9 Å². The van der Waals surface area contributed by atoms with Crippen molar-refractivity contribution in [3.05, 3.63) is 41.3 Å². The largest absolute Gasteiger partial charge is 0.514 e. The second kappa shape index (κ2) is 8.52. The summed E-state index contributed by atoms with van der Waals surface area (Å²) in [5.74, 6) is 0.836. The van der Waals surface area contributed by atoms with Crippen LogP contribution in [0.2, 0.25) is 0 Å². The zero-order valence-electron chi connectivity index (χ0n) is 15.8. The quantitative estimate of drug-likeness (QED) is 0.297. The number of hydrogen-bond donors (Lipinski definition) is 0. The molecule has 1 aliphatic rings. The Kier molecular flexibility index (Phi) is 6.62. The molecule has 2 rings (SSSR count). The molecule has 2 atom stereocenters. The fraction of sp³-hybridized carbons (Fsp3) is 0.600. The van der Waals surface area contributed by atoms with E-state index in [0.717, 1.165) is 12.8 Å². The van der Waals surface area contributed by atoms with Gasteiger partial charge in [0.25, 0.3) is 5.69 Å². The van der Waals surface area contributed by atoms with Gasteiger partial charge in [0.15, 0.2) is 0 Å². The molecule has 1 fully saturated rings. The predicted molar refractivity (Wildman–Crippen MR) is 98.9 cm³/mol. The van der Waals surface area contributed by atoms with Crippen molar-refractivity contribution in [2.75, 3.05) is 0 Å². The summed E-state index contributed by atoms with van der Waals surface area (Å²) in [4.78, 5) is 22.3. The maximum absolute atomic E-state index is 12.1. The zero-order chi connectivity index (χ0) is 19.3. The van der Waals surface area contributed by atoms with E-state index >= 15 is 0 Å². The molecule has 0 aliphatic heterocycles. The Morgan fingerprint density at radius 2 is 1.77 bits per heavy atom. The minimum atomic E-state index is -0.830. The van der Waals surface area contributed by atoms with Crippen LogP contribution in [0.4, 0.5) is 10.5 Å². The van der Waals surface area contributed by atoms with Gasteiger partial charge in [-0.2, -0.15) is 0 Å². The number of carbonyl (C=O) groups is 1. The number of nitrogens with zero attached hydrogens (tertiary/aromatic N) is 1. The van der Waals surface area contributed by atoms with E-state index < -0.39 is 17.2 Å². The molecule has 26 heavy (non-hydrogen) atoms. The summed E-state index contributed by atoms with van der Waals surface area (Å²) >= 11 is 0. The van der Waals surface area contributed by atoms with E-state index in [-0.39, 0.29) is 22.8 Å². The van der Waals surface area contributed by atoms with E-state index in [4.69, 9.17) is 9.47 Å². The summed E-state index contributed by atoms with van der Waals surface area (Å²) in [6, 6.07) is 5.31. The molecule has 1 radical (unpaired) electrons. The number of nitro benzene ring substituents is 1. The summed E-state index contributed by atoms with van der Waals surface area (Å²) < 4.78 is 10.6. The van der Waals surface area contributed by atoms with Gasteiger partial charge in [0.1, 0.15) is 11.9 Å². The first-order valence-corrected chi connectivity index (χ1v) is 9.14. The highest BCUT2D eigenvalue weighted by atomic mass is 16.7. The van der Waals surface area contributed by atoms with Crippen LogP contribution in [-0.2, 0) is 4.74 Å². The third-order valence-electron chi connectivity index (χ3n) is 5.05. The number of non-ortho nitro benzene ring substituents is 1. The number of benzene rings is 1. The van der Waals surface area contributed by atoms with Gasteiger partial charge in [-0.05, 0) is 30.4 Å². The van der Waals surface area contributed by atoms with E-state index in [1.807, 2.05) is 0 Å². The normalized spacial score (nSPS) is 18.0. The highest BCUT2D eigenvalue weighted by molar-refractivity contribution is 5.64. The van der Waals surface area contributed by atoms with Crippen molar-refractivity contribution < 1.29 is 19.2 Å². The molecule has 2 unspecified atom stereocenters. The van der Waals surface area contributed by atoms with Gasteiger partial charge in [0.2, 0.25) is 0 Å². The molecule has 0 aromatic heterocycles. The van der Waals surface area contributed by atoms with Crippen LogP contribution in [0.1, 0.15) is 52.9 Å². The van der Waals surface area contributed by atoms with Crippen LogP contribution in [0.15, 0.2) is 24.3 Å². The molecule has 6 nitrogen and oxygen atoms in total. The summed E-state index contributed by atoms with van der Waals surface area (Å²) in [5.41, 5.74) is -0.104. The minimum absolute atomic E-state index is 0.0396. The van der Waals surface area contributed by atoms with Gasteiger partial charge in [-0.15, -0.1) is 0 Å². The Morgan fingerprint density at radius 3 is 2.27 bits per heavy atom. The smallest absolute Gasteiger partial charge is 0.430 e. The van der Waals surface area contributed by atoms with Gasteiger partial charge in [-0.25, -0.2) is 4.79 Å². The molecule has 143 valence electrons. The van der Waals surface area contributed by atoms with Crippen molar-refractivity contribution in [1.82, 2.24) is 0 Å². The third-order valence-corrected chi connectivity index (χ3v) is 5.05. The zero-order valence-corrected chi connectivity index (χ0v) is 15.8. The van der Waals surface area contributed by atoms with Crippen molar-refractivity contribution in [1.29, 1.82) is 0 Å². The first-order valence-electron chi connectivity index (χ1n) is 9.14. The van der Waals surface area contributed by atoms with Crippen molar-refractivity contribution in [3.8, 4) is 5.75 Å². The van der Waals surface area contributed by atoms with Crippen molar-refractivity contribution >= 4 is 11.8 Å². The monoisotopic (exact) mass is 362 g/mol. The molecule has 0 N–H and O–H groups in total. The molecule has 1 aromatic rings. The predicted octanol–water partition coefficient (Wildman–Crippen LogP) is 5.56. The van der Waals surface area contributed by atoms with Crippen molar-refractivity contribution in [2.24, 2.45) is 17.3 Å². The lowest BCUT2D eigenvalue weighted by Gasteiger charge is -2.41. The van der Waals surface area contributed by atoms with Crippen molar-refractivity contribution in [2.45, 2.75) is 59.0 Å². The third kappa shape index (κ3) is 5.44. The standard InChI is InChI=1S/C20H28NO5/c1-14(18(20(2,3)4)15-8-6-5-7-9-15)25-19(22)26-17-12-10-16(11-13-17)21(23)24/h10-15,18H,1,5-9H2,2-4H3. The highest BCUT2D eigenvalue weighted by Crippen LogP contribution is 2.42. The van der Waals surface area contributed by atoms with Gasteiger partial charge in [-0.1, -0.05) is 52.9 Å². The summed E-state index contributed by atoms with van der Waals surface area (Å²) in [7, 11) is 0. The molecule has 1 aromatic carbocycles. The second-order valence-electron chi connectivity index (χ2n) is 8.05. The molecule has 1 saturated carbocycles. The number of ether oxygens (including phenoxy) is 2. The Balaban J connectivity index is 1.99. The lowest BCUT2D eigenvalue weighted by molar-refractivity contribution is -0.384. The van der Waals surface area contributed by atoms with Crippen LogP contribution in [0.5, 0.6) is 5.75 Å². The lowest BCUT2D eigenvalue weighted by Crippen LogP contribution is -2.40. The van der Waals surface area contributed by atoms with Crippen LogP contribution in [-0.4, -0.2) is 17.2 Å². The molecule has 0 heterocycles. The first kappa shape index (κ1) is 20.2. The summed E-state index contributed by atoms with van der Waals surface area (Å²) in [6.07, 6.45) is 4.60. The van der Waals surface area contributed by atoms with Crippen LogP contribution in [0.25, 0.3) is 0 Å². The van der Waals surface area contributed by atoms with Crippen LogP contribution in [0, 0.1) is 34.3 Å². The Labute approximate surface area is 155 Å². The maximum atomic E-state index is 12.1. The van der Waals surface area contributed by atoms with Gasteiger partial charge in [0, 0.05) is 18.1 Å². The molecule has 1 aliphatic carbocycles. The molecule has 0 saturated heterocycles. The average Bonchev–Trinajstić information content (AvgIpc) is 2.54. The fourth-order valence-corrected chi connectivity index (χ4v) is 4.01. The van der Waals surface area contributed by atoms with Crippen LogP contribution >= 0.6 is 0 Å². The Morgan fingerprint density at radius 1 is 1.19 bits per heavy atom. The fourth-order valence-electron chi connectivity index (χ4n) is 4.01. The molecule has 6 heteroatoms. The number of nitro groups is 1. The van der Waals surface area contributed by atoms with Gasteiger partial charge < -0.3 is 9.47 Å². The summed E-state index contributed by atoms with van der Waals surface area (Å²) in [5, 5.41) is 10.7. The minimum Gasteiger partial charge on any atom is -0.430 e.